The molecule has 0 spiro atoms. The number of aryl methyl sites for hydroxylation is 1. The van der Waals surface area contributed by atoms with E-state index in [0.29, 0.717) is 0 Å². The van der Waals surface area contributed by atoms with Gasteiger partial charge in [-0.05, 0) is 49.9 Å². The van der Waals surface area contributed by atoms with Crippen LogP contribution in [0.3, 0.4) is 0 Å². The summed E-state index contributed by atoms with van der Waals surface area (Å²) in [6.07, 6.45) is 8.46. The summed E-state index contributed by atoms with van der Waals surface area (Å²) < 4.78 is 2.21. The lowest BCUT2D eigenvalue weighted by Gasteiger charge is -2.32. The van der Waals surface area contributed by atoms with Crippen LogP contribution in [0, 0.1) is 12.8 Å². The van der Waals surface area contributed by atoms with Crippen molar-refractivity contribution in [1.82, 2.24) is 14.5 Å². The molecule has 20 heavy (non-hydrogen) atoms. The van der Waals surface area contributed by atoms with Crippen LogP contribution in [0.15, 0.2) is 43.0 Å². The Labute approximate surface area is 121 Å². The topological polar surface area (TPSA) is 21.1 Å². The van der Waals surface area contributed by atoms with Gasteiger partial charge in [0, 0.05) is 25.5 Å². The molecule has 0 N–H and O–H groups in total. The second-order valence-corrected chi connectivity index (χ2v) is 5.91. The second-order valence-electron chi connectivity index (χ2n) is 5.91. The lowest BCUT2D eigenvalue weighted by Crippen LogP contribution is -2.34. The van der Waals surface area contributed by atoms with Crippen molar-refractivity contribution < 1.29 is 0 Å². The molecule has 2 aromatic rings. The summed E-state index contributed by atoms with van der Waals surface area (Å²) in [5, 5.41) is 0. The number of benzene rings is 1. The molecular formula is C17H23N3. The van der Waals surface area contributed by atoms with E-state index in [4.69, 9.17) is 0 Å². The third-order valence-electron chi connectivity index (χ3n) is 4.39. The maximum absolute atomic E-state index is 4.12. The molecule has 0 saturated carbocycles. The normalized spacial score (nSPS) is 17.4. The van der Waals surface area contributed by atoms with Crippen LogP contribution in [-0.4, -0.2) is 27.5 Å². The minimum absolute atomic E-state index is 0.803. The van der Waals surface area contributed by atoms with Gasteiger partial charge in [-0.2, -0.15) is 0 Å². The zero-order chi connectivity index (χ0) is 13.8. The van der Waals surface area contributed by atoms with Crippen LogP contribution in [0.25, 0.3) is 0 Å². The van der Waals surface area contributed by atoms with Crippen molar-refractivity contribution in [3.05, 3.63) is 54.1 Å². The van der Waals surface area contributed by atoms with E-state index in [1.165, 1.54) is 37.1 Å². The Kier molecular flexibility index (Phi) is 4.16. The third-order valence-corrected chi connectivity index (χ3v) is 4.39. The fourth-order valence-corrected chi connectivity index (χ4v) is 3.05. The minimum atomic E-state index is 0.803. The summed E-state index contributed by atoms with van der Waals surface area (Å²) in [6.45, 7) is 6.87. The highest BCUT2D eigenvalue weighted by Crippen LogP contribution is 2.21. The molecular weight excluding hydrogens is 246 g/mol. The van der Waals surface area contributed by atoms with Crippen molar-refractivity contribution in [2.24, 2.45) is 5.92 Å². The van der Waals surface area contributed by atoms with Gasteiger partial charge in [0.2, 0.25) is 0 Å². The molecule has 0 unspecified atom stereocenters. The van der Waals surface area contributed by atoms with E-state index in [1.54, 1.807) is 0 Å². The van der Waals surface area contributed by atoms with Crippen molar-refractivity contribution in [2.45, 2.75) is 32.9 Å². The van der Waals surface area contributed by atoms with Crippen LogP contribution in [0.2, 0.25) is 0 Å². The maximum atomic E-state index is 4.12. The van der Waals surface area contributed by atoms with Gasteiger partial charge < -0.3 is 4.57 Å². The number of imidazole rings is 1. The number of rotatable bonds is 4. The number of piperidine rings is 1. The summed E-state index contributed by atoms with van der Waals surface area (Å²) in [7, 11) is 0. The largest absolute Gasteiger partial charge is 0.337 e. The quantitative estimate of drug-likeness (QED) is 0.850. The van der Waals surface area contributed by atoms with Crippen LogP contribution in [0.1, 0.15) is 24.0 Å². The first-order chi connectivity index (χ1) is 9.81. The van der Waals surface area contributed by atoms with Crippen LogP contribution in [0.4, 0.5) is 0 Å². The first-order valence-electron chi connectivity index (χ1n) is 7.54. The standard InChI is InChI=1S/C17H23N3/c1-15-4-2-3-5-17(15)13-19-9-6-16(7-10-19)12-20-11-8-18-14-20/h2-5,8,11,14,16H,6-7,9-10,12-13H2,1H3. The summed E-state index contributed by atoms with van der Waals surface area (Å²) >= 11 is 0. The van der Waals surface area contributed by atoms with Gasteiger partial charge in [0.05, 0.1) is 6.33 Å². The predicted octanol–water partition coefficient (Wildman–Crippen LogP) is 3.10. The number of aromatic nitrogens is 2. The summed E-state index contributed by atoms with van der Waals surface area (Å²) in [4.78, 5) is 6.71. The molecule has 3 nitrogen and oxygen atoms in total. The molecule has 0 atom stereocenters. The Hall–Kier alpha value is -1.61. The number of hydrogen-bond donors (Lipinski definition) is 0. The van der Waals surface area contributed by atoms with E-state index in [-0.39, 0.29) is 0 Å². The molecule has 1 aliphatic heterocycles. The van der Waals surface area contributed by atoms with Crippen molar-refractivity contribution >= 4 is 0 Å². The SMILES string of the molecule is Cc1ccccc1CN1CCC(Cn2ccnc2)CC1. The van der Waals surface area contributed by atoms with E-state index in [9.17, 15) is 0 Å². The monoisotopic (exact) mass is 269 g/mol. The van der Waals surface area contributed by atoms with E-state index in [1.807, 2.05) is 12.5 Å². The van der Waals surface area contributed by atoms with Crippen molar-refractivity contribution in [2.75, 3.05) is 13.1 Å². The zero-order valence-electron chi connectivity index (χ0n) is 12.2. The minimum Gasteiger partial charge on any atom is -0.337 e. The maximum Gasteiger partial charge on any atom is 0.0945 e. The van der Waals surface area contributed by atoms with Gasteiger partial charge in [-0.15, -0.1) is 0 Å². The summed E-state index contributed by atoms with van der Waals surface area (Å²) in [6, 6.07) is 8.73. The van der Waals surface area contributed by atoms with Gasteiger partial charge in [-0.1, -0.05) is 24.3 Å². The van der Waals surface area contributed by atoms with Crippen molar-refractivity contribution in [3.63, 3.8) is 0 Å². The van der Waals surface area contributed by atoms with Gasteiger partial charge >= 0.3 is 0 Å². The van der Waals surface area contributed by atoms with Gasteiger partial charge in [-0.3, -0.25) is 4.90 Å². The molecule has 1 aliphatic rings. The van der Waals surface area contributed by atoms with Gasteiger partial charge in [0.1, 0.15) is 0 Å². The average molecular weight is 269 g/mol. The number of hydrogen-bond acceptors (Lipinski definition) is 2. The number of likely N-dealkylation sites (tertiary alicyclic amines) is 1. The molecule has 3 rings (SSSR count). The predicted molar refractivity (Wildman–Crippen MR) is 81.4 cm³/mol. The molecule has 0 radical (unpaired) electrons. The third kappa shape index (κ3) is 3.28. The van der Waals surface area contributed by atoms with Gasteiger partial charge in [-0.25, -0.2) is 4.98 Å². The first-order valence-corrected chi connectivity index (χ1v) is 7.54. The highest BCUT2D eigenvalue weighted by Gasteiger charge is 2.19. The van der Waals surface area contributed by atoms with Gasteiger partial charge in [0.25, 0.3) is 0 Å². The molecule has 2 heterocycles. The van der Waals surface area contributed by atoms with E-state index < -0.39 is 0 Å². The molecule has 1 fully saturated rings. The first kappa shape index (κ1) is 13.4. The molecule has 0 aliphatic carbocycles. The van der Waals surface area contributed by atoms with Crippen LogP contribution in [-0.2, 0) is 13.1 Å². The fourth-order valence-electron chi connectivity index (χ4n) is 3.05. The molecule has 1 aromatic heterocycles. The Morgan fingerprint density at radius 3 is 2.70 bits per heavy atom. The summed E-state index contributed by atoms with van der Waals surface area (Å²) in [5.41, 5.74) is 2.88. The van der Waals surface area contributed by atoms with E-state index in [0.717, 1.165) is 19.0 Å². The molecule has 106 valence electrons. The summed E-state index contributed by atoms with van der Waals surface area (Å²) in [5.74, 6) is 0.803. The van der Waals surface area contributed by atoms with Crippen LogP contribution >= 0.6 is 0 Å². The lowest BCUT2D eigenvalue weighted by atomic mass is 9.96. The zero-order valence-corrected chi connectivity index (χ0v) is 12.2. The van der Waals surface area contributed by atoms with E-state index in [2.05, 4.69) is 51.8 Å². The Morgan fingerprint density at radius 2 is 2.00 bits per heavy atom. The fraction of sp³-hybridized carbons (Fsp3) is 0.471. The molecule has 1 saturated heterocycles. The Bertz CT molecular complexity index is 525. The highest BCUT2D eigenvalue weighted by atomic mass is 15.1. The highest BCUT2D eigenvalue weighted by molar-refractivity contribution is 5.25. The second kappa shape index (κ2) is 6.23. The smallest absolute Gasteiger partial charge is 0.0945 e. The molecule has 1 aromatic carbocycles. The van der Waals surface area contributed by atoms with Gasteiger partial charge in [0.15, 0.2) is 0 Å². The Morgan fingerprint density at radius 1 is 1.20 bits per heavy atom. The lowest BCUT2D eigenvalue weighted by molar-refractivity contribution is 0.167. The van der Waals surface area contributed by atoms with Crippen molar-refractivity contribution in [3.8, 4) is 0 Å². The van der Waals surface area contributed by atoms with Crippen LogP contribution in [0.5, 0.6) is 0 Å². The van der Waals surface area contributed by atoms with Crippen LogP contribution < -0.4 is 0 Å². The number of nitrogens with zero attached hydrogens (tertiary/aromatic N) is 3. The molecule has 0 bridgehead atoms. The Balaban J connectivity index is 1.50. The van der Waals surface area contributed by atoms with E-state index >= 15 is 0 Å². The average Bonchev–Trinajstić information content (AvgIpc) is 2.96. The molecule has 0 amide bonds. The molecule has 3 heteroatoms. The van der Waals surface area contributed by atoms with Crippen molar-refractivity contribution in [1.29, 1.82) is 0 Å².